The predicted octanol–water partition coefficient (Wildman–Crippen LogP) is 2.65. The highest BCUT2D eigenvalue weighted by atomic mass is 32.2. The molecule has 1 aliphatic carbocycles. The Labute approximate surface area is 114 Å². The lowest BCUT2D eigenvalue weighted by molar-refractivity contribution is 0.295. The third-order valence-corrected chi connectivity index (χ3v) is 5.10. The van der Waals surface area contributed by atoms with Crippen LogP contribution in [0.2, 0.25) is 0 Å². The molecule has 1 aliphatic heterocycles. The van der Waals surface area contributed by atoms with E-state index in [1.54, 1.807) is 5.56 Å². The molecule has 2 aliphatic rings. The molecule has 2 nitrogen and oxygen atoms in total. The van der Waals surface area contributed by atoms with Gasteiger partial charge in [-0.25, -0.2) is 0 Å². The van der Waals surface area contributed by atoms with E-state index in [4.69, 9.17) is 5.73 Å². The molecule has 1 heterocycles. The van der Waals surface area contributed by atoms with Crippen LogP contribution in [0.5, 0.6) is 0 Å². The first-order valence-corrected chi connectivity index (χ1v) is 7.85. The van der Waals surface area contributed by atoms with Crippen LogP contribution in [0.4, 0.5) is 0 Å². The molecule has 0 amide bonds. The van der Waals surface area contributed by atoms with Crippen LogP contribution in [-0.2, 0) is 13.0 Å². The molecule has 0 unspecified atom stereocenters. The maximum atomic E-state index is 6.17. The van der Waals surface area contributed by atoms with Crippen molar-refractivity contribution in [2.45, 2.75) is 42.7 Å². The van der Waals surface area contributed by atoms with E-state index in [9.17, 15) is 0 Å². The molecule has 0 radical (unpaired) electrons. The summed E-state index contributed by atoms with van der Waals surface area (Å²) in [4.78, 5) is 3.86. The fraction of sp³-hybridized carbons (Fsp3) is 0.600. The van der Waals surface area contributed by atoms with Crippen molar-refractivity contribution < 1.29 is 0 Å². The van der Waals surface area contributed by atoms with Crippen molar-refractivity contribution in [1.29, 1.82) is 0 Å². The Morgan fingerprint density at radius 1 is 1.39 bits per heavy atom. The van der Waals surface area contributed by atoms with Gasteiger partial charge in [-0.3, -0.25) is 0 Å². The van der Waals surface area contributed by atoms with Gasteiger partial charge in [-0.1, -0.05) is 12.1 Å². The van der Waals surface area contributed by atoms with E-state index in [-0.39, 0.29) is 5.54 Å². The Morgan fingerprint density at radius 2 is 2.22 bits per heavy atom. The number of aryl methyl sites for hydroxylation is 1. The van der Waals surface area contributed by atoms with Crippen LogP contribution in [0.15, 0.2) is 23.1 Å². The first kappa shape index (κ1) is 12.5. The quantitative estimate of drug-likeness (QED) is 0.904. The first-order valence-electron chi connectivity index (χ1n) is 6.87. The maximum Gasteiger partial charge on any atom is 0.0284 e. The molecule has 3 heteroatoms. The third-order valence-electron chi connectivity index (χ3n) is 3.90. The average Bonchev–Trinajstić information content (AvgIpc) is 3.06. The van der Waals surface area contributed by atoms with Gasteiger partial charge in [-0.05, 0) is 55.7 Å². The van der Waals surface area contributed by atoms with Crippen molar-refractivity contribution in [1.82, 2.24) is 4.90 Å². The lowest BCUT2D eigenvalue weighted by Crippen LogP contribution is -2.36. The zero-order chi connectivity index (χ0) is 12.6. The molecule has 3 rings (SSSR count). The molecule has 0 spiro atoms. The van der Waals surface area contributed by atoms with E-state index >= 15 is 0 Å². The lowest BCUT2D eigenvalue weighted by Gasteiger charge is -2.22. The summed E-state index contributed by atoms with van der Waals surface area (Å²) in [6.07, 6.45) is 4.96. The van der Waals surface area contributed by atoms with Crippen LogP contribution in [-0.4, -0.2) is 29.8 Å². The monoisotopic (exact) mass is 262 g/mol. The van der Waals surface area contributed by atoms with Gasteiger partial charge in [0.1, 0.15) is 0 Å². The Kier molecular flexibility index (Phi) is 3.39. The van der Waals surface area contributed by atoms with Gasteiger partial charge in [-0.2, -0.15) is 0 Å². The number of rotatable bonds is 4. The molecule has 2 N–H and O–H groups in total. The summed E-state index contributed by atoms with van der Waals surface area (Å²) in [6.45, 7) is 2.05. The first-order chi connectivity index (χ1) is 8.65. The number of hydrogen-bond donors (Lipinski definition) is 1. The smallest absolute Gasteiger partial charge is 0.0284 e. The molecule has 18 heavy (non-hydrogen) atoms. The summed E-state index contributed by atoms with van der Waals surface area (Å²) in [5, 5.41) is 0. The van der Waals surface area contributed by atoms with Crippen LogP contribution in [0.1, 0.15) is 30.4 Å². The van der Waals surface area contributed by atoms with Crippen molar-refractivity contribution in [3.8, 4) is 0 Å². The summed E-state index contributed by atoms with van der Waals surface area (Å²) < 4.78 is 0. The fourth-order valence-corrected chi connectivity index (χ4v) is 3.76. The van der Waals surface area contributed by atoms with Gasteiger partial charge in [0.15, 0.2) is 0 Å². The molecule has 1 aromatic carbocycles. The van der Waals surface area contributed by atoms with Gasteiger partial charge in [0.05, 0.1) is 0 Å². The van der Waals surface area contributed by atoms with Crippen LogP contribution >= 0.6 is 11.8 Å². The zero-order valence-electron chi connectivity index (χ0n) is 11.1. The number of benzene rings is 1. The van der Waals surface area contributed by atoms with Gasteiger partial charge in [0.2, 0.25) is 0 Å². The van der Waals surface area contributed by atoms with Gasteiger partial charge in [0.25, 0.3) is 0 Å². The van der Waals surface area contributed by atoms with Crippen LogP contribution < -0.4 is 5.73 Å². The number of hydrogen-bond acceptors (Lipinski definition) is 3. The third kappa shape index (κ3) is 2.90. The summed E-state index contributed by atoms with van der Waals surface area (Å²) in [5.74, 6) is 1.28. The van der Waals surface area contributed by atoms with Crippen molar-refractivity contribution in [2.75, 3.05) is 19.3 Å². The second-order valence-electron chi connectivity index (χ2n) is 5.93. The van der Waals surface area contributed by atoms with Gasteiger partial charge in [-0.15, -0.1) is 11.8 Å². The number of thioether (sulfide) groups is 1. The van der Waals surface area contributed by atoms with Crippen molar-refractivity contribution >= 4 is 11.8 Å². The molecule has 0 aromatic heterocycles. The molecular weight excluding hydrogens is 240 g/mol. The fourth-order valence-electron chi connectivity index (χ4n) is 2.74. The number of likely N-dealkylation sites (N-methyl/N-ethyl adjacent to an activating group) is 1. The Balaban J connectivity index is 1.65. The minimum absolute atomic E-state index is 0.124. The topological polar surface area (TPSA) is 29.3 Å². The van der Waals surface area contributed by atoms with Crippen molar-refractivity contribution in [3.05, 3.63) is 29.3 Å². The molecule has 1 aromatic rings. The average molecular weight is 262 g/mol. The largest absolute Gasteiger partial charge is 0.324 e. The molecule has 0 bridgehead atoms. The highest BCUT2D eigenvalue weighted by molar-refractivity contribution is 7.99. The number of nitrogens with zero attached hydrogens (tertiary/aromatic N) is 1. The van der Waals surface area contributed by atoms with Crippen molar-refractivity contribution in [2.24, 2.45) is 5.73 Å². The highest BCUT2D eigenvalue weighted by Gasteiger charge is 2.38. The van der Waals surface area contributed by atoms with Gasteiger partial charge in [0, 0.05) is 23.5 Å². The SMILES string of the molecule is CN(Cc1ccc2c(c1)CCCS2)CC1(N)CC1. The van der Waals surface area contributed by atoms with Gasteiger partial charge >= 0.3 is 0 Å². The highest BCUT2D eigenvalue weighted by Crippen LogP contribution is 2.33. The van der Waals surface area contributed by atoms with E-state index < -0.39 is 0 Å². The maximum absolute atomic E-state index is 6.17. The minimum Gasteiger partial charge on any atom is -0.324 e. The molecular formula is C15H22N2S. The van der Waals surface area contributed by atoms with E-state index in [0.29, 0.717) is 0 Å². The van der Waals surface area contributed by atoms with E-state index in [1.165, 1.54) is 41.9 Å². The Bertz CT molecular complexity index is 440. The van der Waals surface area contributed by atoms with Crippen LogP contribution in [0, 0.1) is 0 Å². The number of nitrogens with two attached hydrogens (primary N) is 1. The second-order valence-corrected chi connectivity index (χ2v) is 7.07. The van der Waals surface area contributed by atoms with E-state index in [2.05, 4.69) is 30.1 Å². The van der Waals surface area contributed by atoms with E-state index in [1.807, 2.05) is 11.8 Å². The second kappa shape index (κ2) is 4.87. The Morgan fingerprint density at radius 3 is 3.00 bits per heavy atom. The normalized spacial score (nSPS) is 20.8. The van der Waals surface area contributed by atoms with Crippen LogP contribution in [0.25, 0.3) is 0 Å². The molecule has 1 saturated carbocycles. The molecule has 98 valence electrons. The molecule has 0 atom stereocenters. The lowest BCUT2D eigenvalue weighted by atomic mass is 10.1. The Hall–Kier alpha value is -0.510. The summed E-state index contributed by atoms with van der Waals surface area (Å²) in [6, 6.07) is 6.98. The standard InChI is InChI=1S/C15H22N2S/c1-17(11-15(16)6-7-15)10-12-4-5-14-13(9-12)3-2-8-18-14/h4-5,9H,2-3,6-8,10-11,16H2,1H3. The van der Waals surface area contributed by atoms with Gasteiger partial charge < -0.3 is 10.6 Å². The predicted molar refractivity (Wildman–Crippen MR) is 78.0 cm³/mol. The minimum atomic E-state index is 0.124. The summed E-state index contributed by atoms with van der Waals surface area (Å²) >= 11 is 2.00. The molecule has 0 saturated heterocycles. The summed E-state index contributed by atoms with van der Waals surface area (Å²) in [5.41, 5.74) is 9.27. The van der Waals surface area contributed by atoms with E-state index in [0.717, 1.165) is 13.1 Å². The number of fused-ring (bicyclic) bond motifs is 1. The van der Waals surface area contributed by atoms with Crippen molar-refractivity contribution in [3.63, 3.8) is 0 Å². The molecule has 1 fully saturated rings. The zero-order valence-corrected chi connectivity index (χ0v) is 11.9. The van der Waals surface area contributed by atoms with Crippen LogP contribution in [0.3, 0.4) is 0 Å². The summed E-state index contributed by atoms with van der Waals surface area (Å²) in [7, 11) is 2.18.